The second-order valence-electron chi connectivity index (χ2n) is 7.27. The summed E-state index contributed by atoms with van der Waals surface area (Å²) in [5.41, 5.74) is 2.27. The third-order valence-electron chi connectivity index (χ3n) is 4.87. The summed E-state index contributed by atoms with van der Waals surface area (Å²) in [4.78, 5) is 12.4. The van der Waals surface area contributed by atoms with Crippen molar-refractivity contribution in [2.75, 3.05) is 5.32 Å². The molecule has 0 unspecified atom stereocenters. The molecule has 1 amide bonds. The van der Waals surface area contributed by atoms with Crippen LogP contribution in [0.25, 0.3) is 0 Å². The Bertz CT molecular complexity index is 929. The lowest BCUT2D eigenvalue weighted by Crippen LogP contribution is -2.41. The lowest BCUT2D eigenvalue weighted by Gasteiger charge is -2.29. The van der Waals surface area contributed by atoms with Gasteiger partial charge in [-0.1, -0.05) is 30.3 Å². The molecule has 7 heteroatoms. The van der Waals surface area contributed by atoms with Gasteiger partial charge in [0.05, 0.1) is 4.90 Å². The molecular weight excluding hydrogens is 376 g/mol. The normalized spacial score (nSPS) is 19.8. The Morgan fingerprint density at radius 2 is 1.82 bits per heavy atom. The van der Waals surface area contributed by atoms with Crippen molar-refractivity contribution in [2.45, 2.75) is 56.6 Å². The van der Waals surface area contributed by atoms with E-state index >= 15 is 0 Å². The zero-order valence-corrected chi connectivity index (χ0v) is 17.0. The second-order valence-corrected chi connectivity index (χ2v) is 8.95. The van der Waals surface area contributed by atoms with Crippen LogP contribution in [0.1, 0.15) is 36.8 Å². The van der Waals surface area contributed by atoms with Gasteiger partial charge in [0, 0.05) is 18.2 Å². The van der Waals surface area contributed by atoms with Gasteiger partial charge >= 0.3 is 6.09 Å². The highest BCUT2D eigenvalue weighted by molar-refractivity contribution is 7.89. The maximum atomic E-state index is 12.8. The quantitative estimate of drug-likeness (QED) is 0.787. The summed E-state index contributed by atoms with van der Waals surface area (Å²) in [6, 6.07) is 14.2. The number of carbonyl (C=O) groups is 1. The minimum atomic E-state index is -3.62. The number of para-hydroxylation sites is 1. The van der Waals surface area contributed by atoms with Crippen LogP contribution in [0.3, 0.4) is 0 Å². The molecule has 0 bridgehead atoms. The van der Waals surface area contributed by atoms with Gasteiger partial charge in [0.2, 0.25) is 10.0 Å². The summed E-state index contributed by atoms with van der Waals surface area (Å²) in [7, 11) is -3.62. The van der Waals surface area contributed by atoms with Crippen LogP contribution in [0.4, 0.5) is 10.5 Å². The van der Waals surface area contributed by atoms with E-state index in [9.17, 15) is 13.2 Å². The van der Waals surface area contributed by atoms with Crippen molar-refractivity contribution in [3.05, 3.63) is 59.7 Å². The van der Waals surface area contributed by atoms with Gasteiger partial charge in [0.25, 0.3) is 0 Å². The number of sulfonamides is 1. The molecule has 2 N–H and O–H groups in total. The molecule has 0 radical (unpaired) electrons. The summed E-state index contributed by atoms with van der Waals surface area (Å²) in [6.45, 7) is 3.66. The predicted octanol–water partition coefficient (Wildman–Crippen LogP) is 4.14. The first-order valence-electron chi connectivity index (χ1n) is 9.46. The van der Waals surface area contributed by atoms with Gasteiger partial charge in [0.1, 0.15) is 6.10 Å². The van der Waals surface area contributed by atoms with Gasteiger partial charge in [0.15, 0.2) is 0 Å². The molecule has 2 aromatic rings. The molecule has 0 aromatic heterocycles. The zero-order chi connectivity index (χ0) is 20.1. The Labute approximate surface area is 166 Å². The maximum absolute atomic E-state index is 12.8. The van der Waals surface area contributed by atoms with Crippen LogP contribution >= 0.6 is 0 Å². The highest BCUT2D eigenvalue weighted by atomic mass is 32.2. The van der Waals surface area contributed by atoms with E-state index in [1.807, 2.05) is 37.3 Å². The summed E-state index contributed by atoms with van der Waals surface area (Å²) in [6.07, 6.45) is 1.88. The van der Waals surface area contributed by atoms with Crippen LogP contribution in [0.5, 0.6) is 0 Å². The van der Waals surface area contributed by atoms with E-state index in [1.54, 1.807) is 25.1 Å². The second kappa shape index (κ2) is 8.75. The minimum Gasteiger partial charge on any atom is -0.446 e. The molecule has 3 rings (SSSR count). The van der Waals surface area contributed by atoms with E-state index < -0.39 is 16.1 Å². The number of amides is 1. The molecule has 1 saturated carbocycles. The first kappa shape index (κ1) is 20.4. The van der Waals surface area contributed by atoms with E-state index in [0.717, 1.165) is 24.8 Å². The van der Waals surface area contributed by atoms with Crippen molar-refractivity contribution < 1.29 is 17.9 Å². The van der Waals surface area contributed by atoms with E-state index in [-0.39, 0.29) is 12.1 Å². The van der Waals surface area contributed by atoms with E-state index in [0.29, 0.717) is 22.6 Å². The molecule has 1 fully saturated rings. The number of rotatable bonds is 5. The van der Waals surface area contributed by atoms with Gasteiger partial charge < -0.3 is 4.74 Å². The largest absolute Gasteiger partial charge is 0.446 e. The molecule has 0 spiro atoms. The summed E-state index contributed by atoms with van der Waals surface area (Å²) < 4.78 is 33.9. The van der Waals surface area contributed by atoms with Gasteiger partial charge in [-0.2, -0.15) is 0 Å². The fraction of sp³-hybridized carbons (Fsp3) is 0.381. The number of aryl methyl sites for hydroxylation is 2. The molecule has 0 heterocycles. The Morgan fingerprint density at radius 3 is 2.57 bits per heavy atom. The monoisotopic (exact) mass is 402 g/mol. The number of benzene rings is 2. The topological polar surface area (TPSA) is 84.5 Å². The third-order valence-corrected chi connectivity index (χ3v) is 6.54. The zero-order valence-electron chi connectivity index (χ0n) is 16.1. The van der Waals surface area contributed by atoms with Crippen molar-refractivity contribution in [2.24, 2.45) is 0 Å². The lowest BCUT2D eigenvalue weighted by molar-refractivity contribution is 0.0793. The van der Waals surface area contributed by atoms with Gasteiger partial charge in [-0.05, 0) is 62.4 Å². The van der Waals surface area contributed by atoms with E-state index in [4.69, 9.17) is 4.74 Å². The molecule has 150 valence electrons. The molecule has 0 aliphatic heterocycles. The van der Waals surface area contributed by atoms with Crippen molar-refractivity contribution in [3.8, 4) is 0 Å². The number of hydrogen-bond donors (Lipinski definition) is 2. The van der Waals surface area contributed by atoms with Crippen LogP contribution in [0.2, 0.25) is 0 Å². The van der Waals surface area contributed by atoms with Crippen molar-refractivity contribution >= 4 is 21.8 Å². The van der Waals surface area contributed by atoms with Gasteiger partial charge in [-0.15, -0.1) is 0 Å². The highest BCUT2D eigenvalue weighted by Gasteiger charge is 2.29. The number of nitrogens with one attached hydrogen (secondary N) is 2. The Hall–Kier alpha value is -2.38. The van der Waals surface area contributed by atoms with Crippen LogP contribution in [0.15, 0.2) is 53.4 Å². The fourth-order valence-electron chi connectivity index (χ4n) is 3.46. The fourth-order valence-corrected chi connectivity index (χ4v) is 5.07. The minimum absolute atomic E-state index is 0.256. The summed E-state index contributed by atoms with van der Waals surface area (Å²) in [5.74, 6) is 0. The van der Waals surface area contributed by atoms with Gasteiger partial charge in [-0.25, -0.2) is 17.9 Å². The predicted molar refractivity (Wildman–Crippen MR) is 109 cm³/mol. The number of anilines is 1. The van der Waals surface area contributed by atoms with Crippen LogP contribution in [-0.2, 0) is 14.8 Å². The first-order valence-corrected chi connectivity index (χ1v) is 10.9. The summed E-state index contributed by atoms with van der Waals surface area (Å²) in [5, 5.41) is 2.69. The maximum Gasteiger partial charge on any atom is 0.411 e. The van der Waals surface area contributed by atoms with E-state index in [2.05, 4.69) is 10.0 Å². The third kappa shape index (κ3) is 5.33. The molecule has 1 aliphatic rings. The molecule has 2 atom stereocenters. The Kier molecular flexibility index (Phi) is 6.36. The highest BCUT2D eigenvalue weighted by Crippen LogP contribution is 2.24. The van der Waals surface area contributed by atoms with Crippen molar-refractivity contribution in [3.63, 3.8) is 0 Å². The molecule has 0 saturated heterocycles. The molecular formula is C21H26N2O4S. The first-order chi connectivity index (χ1) is 13.3. The average molecular weight is 403 g/mol. The van der Waals surface area contributed by atoms with Crippen molar-refractivity contribution in [1.82, 2.24) is 4.72 Å². The molecule has 1 aliphatic carbocycles. The van der Waals surface area contributed by atoms with Crippen molar-refractivity contribution in [1.29, 1.82) is 0 Å². The molecule has 6 nitrogen and oxygen atoms in total. The Morgan fingerprint density at radius 1 is 1.07 bits per heavy atom. The number of hydrogen-bond acceptors (Lipinski definition) is 4. The van der Waals surface area contributed by atoms with Crippen LogP contribution in [-0.4, -0.2) is 26.7 Å². The molecule has 28 heavy (non-hydrogen) atoms. The number of carbonyl (C=O) groups excluding carboxylic acids is 1. The molecule has 2 aromatic carbocycles. The number of ether oxygens (including phenoxy) is 1. The average Bonchev–Trinajstić information content (AvgIpc) is 2.64. The van der Waals surface area contributed by atoms with E-state index in [1.165, 1.54) is 0 Å². The smallest absolute Gasteiger partial charge is 0.411 e. The van der Waals surface area contributed by atoms with Crippen LogP contribution in [0, 0.1) is 13.8 Å². The Balaban J connectivity index is 1.60. The van der Waals surface area contributed by atoms with Crippen LogP contribution < -0.4 is 10.0 Å². The standard InChI is InChI=1S/C21H26N2O4S/c1-15-11-12-16(2)20(13-15)28(25,26)23-18-9-6-10-19(14-18)27-21(24)22-17-7-4-3-5-8-17/h3-5,7-8,11-13,18-19,23H,6,9-10,14H2,1-2H3,(H,22,24)/t18-,19-/m1/s1. The summed E-state index contributed by atoms with van der Waals surface area (Å²) >= 11 is 0. The van der Waals surface area contributed by atoms with Gasteiger partial charge in [-0.3, -0.25) is 5.32 Å². The SMILES string of the molecule is Cc1ccc(C)c(S(=O)(=O)N[C@@H]2CCC[C@@H](OC(=O)Nc3ccccc3)C2)c1. The lowest BCUT2D eigenvalue weighted by atomic mass is 9.94.